The normalized spacial score (nSPS) is 11.3. The maximum Gasteiger partial charge on any atom is 0.182 e. The van der Waals surface area contributed by atoms with Crippen LogP contribution in [0.2, 0.25) is 5.02 Å². The van der Waals surface area contributed by atoms with Gasteiger partial charge in [-0.2, -0.15) is 0 Å². The highest BCUT2D eigenvalue weighted by atomic mass is 35.5. The Morgan fingerprint density at radius 2 is 1.95 bits per heavy atom. The molecule has 2 rings (SSSR count). The van der Waals surface area contributed by atoms with Gasteiger partial charge in [0.05, 0.1) is 17.8 Å². The Balaban J connectivity index is 2.35. The number of methoxy groups -OCH3 is 1. The third-order valence-electron chi connectivity index (χ3n) is 2.74. The van der Waals surface area contributed by atoms with E-state index >= 15 is 0 Å². The van der Waals surface area contributed by atoms with Crippen molar-refractivity contribution in [3.8, 4) is 5.75 Å². The Kier molecular flexibility index (Phi) is 4.20. The zero-order valence-corrected chi connectivity index (χ0v) is 12.4. The molecule has 0 aromatic heterocycles. The number of hydrogen-bond acceptors (Lipinski definition) is 4. The van der Waals surface area contributed by atoms with E-state index in [0.717, 1.165) is 0 Å². The quantitative estimate of drug-likeness (QED) is 0.881. The number of sulfone groups is 1. The first-order valence-electron chi connectivity index (χ1n) is 5.82. The number of nitrogens with two attached hydrogens (primary N) is 1. The lowest BCUT2D eigenvalue weighted by Gasteiger charge is -2.08. The third kappa shape index (κ3) is 3.43. The summed E-state index contributed by atoms with van der Waals surface area (Å²) in [6.07, 6.45) is 0. The largest absolute Gasteiger partial charge is 0.497 e. The van der Waals surface area contributed by atoms with Crippen LogP contribution in [0.1, 0.15) is 5.56 Å². The summed E-state index contributed by atoms with van der Waals surface area (Å²) in [4.78, 5) is 0.186. The highest BCUT2D eigenvalue weighted by Gasteiger charge is 2.16. The van der Waals surface area contributed by atoms with E-state index in [1.54, 1.807) is 30.3 Å². The molecule has 4 nitrogen and oxygen atoms in total. The molecule has 0 aliphatic rings. The van der Waals surface area contributed by atoms with Crippen LogP contribution >= 0.6 is 11.6 Å². The number of anilines is 1. The second kappa shape index (κ2) is 5.73. The summed E-state index contributed by atoms with van der Waals surface area (Å²) in [6, 6.07) is 11.1. The molecule has 0 heterocycles. The molecule has 0 bridgehead atoms. The Bertz CT molecular complexity index is 729. The topological polar surface area (TPSA) is 69.4 Å². The van der Waals surface area contributed by atoms with Crippen molar-refractivity contribution in [2.75, 3.05) is 12.8 Å². The first-order valence-corrected chi connectivity index (χ1v) is 7.85. The molecule has 0 radical (unpaired) electrons. The second-order valence-electron chi connectivity index (χ2n) is 4.33. The molecule has 0 saturated carbocycles. The van der Waals surface area contributed by atoms with Crippen molar-refractivity contribution in [2.45, 2.75) is 10.6 Å². The van der Waals surface area contributed by atoms with Crippen LogP contribution in [-0.4, -0.2) is 15.5 Å². The van der Waals surface area contributed by atoms with Crippen LogP contribution in [0.3, 0.4) is 0 Å². The summed E-state index contributed by atoms with van der Waals surface area (Å²) in [5.41, 5.74) is 6.75. The van der Waals surface area contributed by atoms with Crippen molar-refractivity contribution in [1.29, 1.82) is 0 Å². The zero-order chi connectivity index (χ0) is 14.8. The van der Waals surface area contributed by atoms with E-state index in [9.17, 15) is 8.42 Å². The van der Waals surface area contributed by atoms with Crippen molar-refractivity contribution in [3.63, 3.8) is 0 Å². The van der Waals surface area contributed by atoms with Gasteiger partial charge in [0.25, 0.3) is 0 Å². The van der Waals surface area contributed by atoms with Crippen molar-refractivity contribution in [3.05, 3.63) is 53.1 Å². The van der Waals surface area contributed by atoms with Gasteiger partial charge < -0.3 is 10.5 Å². The molecule has 0 fully saturated rings. The lowest BCUT2D eigenvalue weighted by Crippen LogP contribution is -2.05. The monoisotopic (exact) mass is 311 g/mol. The highest BCUT2D eigenvalue weighted by Crippen LogP contribution is 2.24. The van der Waals surface area contributed by atoms with E-state index in [1.165, 1.54) is 19.2 Å². The van der Waals surface area contributed by atoms with Gasteiger partial charge in [0.2, 0.25) is 0 Å². The molecule has 0 aliphatic carbocycles. The molecule has 20 heavy (non-hydrogen) atoms. The van der Waals surface area contributed by atoms with E-state index in [1.807, 2.05) is 0 Å². The predicted octanol–water partition coefficient (Wildman–Crippen LogP) is 2.90. The molecule has 2 aromatic carbocycles. The van der Waals surface area contributed by atoms with Gasteiger partial charge >= 0.3 is 0 Å². The molecule has 2 aromatic rings. The fourth-order valence-electron chi connectivity index (χ4n) is 1.85. The first kappa shape index (κ1) is 14.7. The Morgan fingerprint density at radius 1 is 1.20 bits per heavy atom. The van der Waals surface area contributed by atoms with E-state index in [-0.39, 0.29) is 10.6 Å². The molecule has 0 atom stereocenters. The van der Waals surface area contributed by atoms with Crippen LogP contribution in [0.25, 0.3) is 0 Å². The number of nitrogen functional groups attached to an aromatic ring is 1. The zero-order valence-electron chi connectivity index (χ0n) is 10.8. The SMILES string of the molecule is COc1cc(N)cc(CS(=O)(=O)c2cccc(Cl)c2)c1. The first-order chi connectivity index (χ1) is 9.40. The van der Waals surface area contributed by atoms with Gasteiger partial charge in [-0.3, -0.25) is 0 Å². The molecular weight excluding hydrogens is 298 g/mol. The molecule has 0 spiro atoms. The maximum atomic E-state index is 12.3. The number of ether oxygens (including phenoxy) is 1. The fraction of sp³-hybridized carbons (Fsp3) is 0.143. The molecular formula is C14H14ClNO3S. The minimum Gasteiger partial charge on any atom is -0.497 e. The number of hydrogen-bond donors (Lipinski definition) is 1. The highest BCUT2D eigenvalue weighted by molar-refractivity contribution is 7.90. The second-order valence-corrected chi connectivity index (χ2v) is 6.76. The van der Waals surface area contributed by atoms with Gasteiger partial charge in [-0.05, 0) is 35.9 Å². The summed E-state index contributed by atoms with van der Waals surface area (Å²) in [5, 5.41) is 0.385. The molecule has 0 aliphatic heterocycles. The minimum atomic E-state index is -3.47. The van der Waals surface area contributed by atoms with E-state index in [4.69, 9.17) is 22.1 Å². The summed E-state index contributed by atoms with van der Waals surface area (Å²) >= 11 is 5.82. The van der Waals surface area contributed by atoms with Crippen molar-refractivity contribution >= 4 is 27.1 Å². The van der Waals surface area contributed by atoms with Crippen LogP contribution in [0.5, 0.6) is 5.75 Å². The van der Waals surface area contributed by atoms with E-state index in [2.05, 4.69) is 0 Å². The van der Waals surface area contributed by atoms with Gasteiger partial charge in [0, 0.05) is 16.8 Å². The van der Waals surface area contributed by atoms with Gasteiger partial charge in [-0.1, -0.05) is 17.7 Å². The Labute approximate surface area is 123 Å². The standard InChI is InChI=1S/C14H14ClNO3S/c1-19-13-6-10(5-12(16)8-13)9-20(17,18)14-4-2-3-11(15)7-14/h2-8H,9,16H2,1H3. The van der Waals surface area contributed by atoms with E-state index in [0.29, 0.717) is 22.0 Å². The average Bonchev–Trinajstić information content (AvgIpc) is 2.37. The summed E-state index contributed by atoms with van der Waals surface area (Å²) in [5.74, 6) is 0.371. The molecule has 2 N–H and O–H groups in total. The third-order valence-corrected chi connectivity index (χ3v) is 4.66. The summed E-state index contributed by atoms with van der Waals surface area (Å²) < 4.78 is 29.7. The average molecular weight is 312 g/mol. The van der Waals surface area contributed by atoms with Gasteiger partial charge in [-0.25, -0.2) is 8.42 Å². The van der Waals surface area contributed by atoms with E-state index < -0.39 is 9.84 Å². The number of halogens is 1. The molecule has 0 saturated heterocycles. The van der Waals surface area contributed by atoms with Gasteiger partial charge in [-0.15, -0.1) is 0 Å². The fourth-order valence-corrected chi connectivity index (χ4v) is 3.47. The van der Waals surface area contributed by atoms with Crippen LogP contribution in [0.4, 0.5) is 5.69 Å². The predicted molar refractivity (Wildman–Crippen MR) is 79.7 cm³/mol. The van der Waals surface area contributed by atoms with Gasteiger partial charge in [0.1, 0.15) is 5.75 Å². The Hall–Kier alpha value is -1.72. The maximum absolute atomic E-state index is 12.3. The van der Waals surface area contributed by atoms with Crippen LogP contribution in [0.15, 0.2) is 47.4 Å². The lowest BCUT2D eigenvalue weighted by atomic mass is 10.2. The molecule has 6 heteroatoms. The minimum absolute atomic E-state index is 0.158. The number of benzene rings is 2. The van der Waals surface area contributed by atoms with Gasteiger partial charge in [0.15, 0.2) is 9.84 Å². The van der Waals surface area contributed by atoms with Crippen molar-refractivity contribution in [1.82, 2.24) is 0 Å². The summed E-state index contributed by atoms with van der Waals surface area (Å²) in [7, 11) is -1.97. The molecule has 0 unspecified atom stereocenters. The Morgan fingerprint density at radius 3 is 2.60 bits per heavy atom. The smallest absolute Gasteiger partial charge is 0.182 e. The molecule has 106 valence electrons. The van der Waals surface area contributed by atoms with Crippen LogP contribution in [-0.2, 0) is 15.6 Å². The van der Waals surface area contributed by atoms with Crippen molar-refractivity contribution in [2.24, 2.45) is 0 Å². The number of rotatable bonds is 4. The lowest BCUT2D eigenvalue weighted by molar-refractivity contribution is 0.414. The van der Waals surface area contributed by atoms with Crippen LogP contribution in [0, 0.1) is 0 Å². The van der Waals surface area contributed by atoms with Crippen LogP contribution < -0.4 is 10.5 Å². The summed E-state index contributed by atoms with van der Waals surface area (Å²) in [6.45, 7) is 0. The molecule has 0 amide bonds. The van der Waals surface area contributed by atoms with Crippen molar-refractivity contribution < 1.29 is 13.2 Å².